The molecule has 1 N–H and O–H groups in total. The van der Waals surface area contributed by atoms with E-state index in [9.17, 15) is 12.8 Å². The highest BCUT2D eigenvalue weighted by Crippen LogP contribution is 2.25. The predicted molar refractivity (Wildman–Crippen MR) is 99.5 cm³/mol. The maximum atomic E-state index is 13.2. The first-order valence-corrected chi connectivity index (χ1v) is 10.1. The number of nitrogens with one attached hydrogen (secondary N) is 1. The number of benzene rings is 2. The second-order valence-electron chi connectivity index (χ2n) is 6.21. The van der Waals surface area contributed by atoms with Crippen LogP contribution >= 0.6 is 11.6 Å². The quantitative estimate of drug-likeness (QED) is 0.838. The van der Waals surface area contributed by atoms with Crippen molar-refractivity contribution in [2.24, 2.45) is 0 Å². The molecule has 5 nitrogen and oxygen atoms in total. The summed E-state index contributed by atoms with van der Waals surface area (Å²) in [5.74, 6) is -0.475. The molecule has 140 valence electrons. The topological polar surface area (TPSA) is 58.6 Å². The molecule has 1 saturated heterocycles. The molecule has 1 aliphatic rings. The van der Waals surface area contributed by atoms with Crippen LogP contribution in [-0.4, -0.2) is 39.6 Å². The molecule has 1 aliphatic heterocycles. The van der Waals surface area contributed by atoms with E-state index in [-0.39, 0.29) is 4.90 Å². The average molecular weight is 399 g/mol. The predicted octanol–water partition coefficient (Wildman–Crippen LogP) is 3.42. The van der Waals surface area contributed by atoms with Gasteiger partial charge in [-0.2, -0.15) is 0 Å². The zero-order chi connectivity index (χ0) is 18.7. The Morgan fingerprint density at radius 2 is 1.92 bits per heavy atom. The van der Waals surface area contributed by atoms with E-state index in [0.717, 1.165) is 24.7 Å². The highest BCUT2D eigenvalue weighted by Gasteiger charge is 2.18. The van der Waals surface area contributed by atoms with Crippen LogP contribution in [0, 0.1) is 12.7 Å². The van der Waals surface area contributed by atoms with Crippen molar-refractivity contribution in [1.29, 1.82) is 0 Å². The van der Waals surface area contributed by atoms with Crippen LogP contribution in [0.2, 0.25) is 5.02 Å². The summed E-state index contributed by atoms with van der Waals surface area (Å²) >= 11 is 6.33. The van der Waals surface area contributed by atoms with E-state index in [1.165, 1.54) is 12.1 Å². The van der Waals surface area contributed by atoms with Crippen LogP contribution in [-0.2, 0) is 21.3 Å². The third-order valence-corrected chi connectivity index (χ3v) is 6.12. The lowest BCUT2D eigenvalue weighted by molar-refractivity contribution is 0.0342. The summed E-state index contributed by atoms with van der Waals surface area (Å²) in [6.45, 7) is 5.32. The SMILES string of the molecule is Cc1cc(F)ccc1S(=O)(=O)Nc1ccc(CN2CCOCC2)c(Cl)c1. The molecular formula is C18H20ClFN2O3S. The van der Waals surface area contributed by atoms with Gasteiger partial charge in [-0.15, -0.1) is 0 Å². The van der Waals surface area contributed by atoms with Gasteiger partial charge in [0, 0.05) is 24.7 Å². The minimum Gasteiger partial charge on any atom is -0.379 e. The summed E-state index contributed by atoms with van der Waals surface area (Å²) in [6.07, 6.45) is 0. The zero-order valence-electron chi connectivity index (χ0n) is 14.3. The second-order valence-corrected chi connectivity index (χ2v) is 8.27. The van der Waals surface area contributed by atoms with E-state index in [2.05, 4.69) is 9.62 Å². The Morgan fingerprint density at radius 3 is 2.58 bits per heavy atom. The van der Waals surface area contributed by atoms with Gasteiger partial charge < -0.3 is 4.74 Å². The molecule has 3 rings (SSSR count). The van der Waals surface area contributed by atoms with Crippen molar-refractivity contribution in [1.82, 2.24) is 4.90 Å². The molecule has 0 radical (unpaired) electrons. The maximum absolute atomic E-state index is 13.2. The fraction of sp³-hybridized carbons (Fsp3) is 0.333. The van der Waals surface area contributed by atoms with Crippen LogP contribution in [0.4, 0.5) is 10.1 Å². The highest BCUT2D eigenvalue weighted by atomic mass is 35.5. The molecule has 0 amide bonds. The minimum atomic E-state index is -3.82. The van der Waals surface area contributed by atoms with E-state index < -0.39 is 15.8 Å². The number of rotatable bonds is 5. The number of aryl methyl sites for hydroxylation is 1. The number of hydrogen-bond donors (Lipinski definition) is 1. The molecular weight excluding hydrogens is 379 g/mol. The van der Waals surface area contributed by atoms with Gasteiger partial charge in [-0.3, -0.25) is 9.62 Å². The summed E-state index contributed by atoms with van der Waals surface area (Å²) < 4.78 is 46.1. The number of nitrogens with zero attached hydrogens (tertiary/aromatic N) is 1. The molecule has 0 aromatic heterocycles. The normalized spacial score (nSPS) is 15.8. The summed E-state index contributed by atoms with van der Waals surface area (Å²) in [4.78, 5) is 2.27. The van der Waals surface area contributed by atoms with Gasteiger partial charge in [-0.1, -0.05) is 17.7 Å². The molecule has 1 heterocycles. The van der Waals surface area contributed by atoms with E-state index >= 15 is 0 Å². The number of hydrogen-bond acceptors (Lipinski definition) is 4. The third kappa shape index (κ3) is 4.54. The van der Waals surface area contributed by atoms with Gasteiger partial charge in [0.2, 0.25) is 0 Å². The minimum absolute atomic E-state index is 0.0346. The van der Waals surface area contributed by atoms with Crippen molar-refractivity contribution < 1.29 is 17.5 Å². The number of ether oxygens (including phenoxy) is 1. The standard InChI is InChI=1S/C18H20ClFN2O3S/c1-13-10-15(20)3-5-18(13)26(23,24)21-16-4-2-14(17(19)11-16)12-22-6-8-25-9-7-22/h2-5,10-11,21H,6-9,12H2,1H3. The Hall–Kier alpha value is -1.67. The molecule has 0 bridgehead atoms. The van der Waals surface area contributed by atoms with Gasteiger partial charge >= 0.3 is 0 Å². The lowest BCUT2D eigenvalue weighted by Crippen LogP contribution is -2.35. The Balaban J connectivity index is 1.76. The average Bonchev–Trinajstić information content (AvgIpc) is 2.57. The van der Waals surface area contributed by atoms with Crippen molar-refractivity contribution in [3.05, 3.63) is 58.4 Å². The van der Waals surface area contributed by atoms with Crippen LogP contribution in [0.1, 0.15) is 11.1 Å². The molecule has 0 aliphatic carbocycles. The van der Waals surface area contributed by atoms with Gasteiger partial charge in [0.15, 0.2) is 0 Å². The Bertz CT molecular complexity index is 899. The largest absolute Gasteiger partial charge is 0.379 e. The number of morpholine rings is 1. The second kappa shape index (κ2) is 7.92. The third-order valence-electron chi connectivity index (χ3n) is 4.23. The van der Waals surface area contributed by atoms with E-state index in [1.807, 2.05) is 6.07 Å². The van der Waals surface area contributed by atoms with Gasteiger partial charge in [0.05, 0.1) is 23.8 Å². The fourth-order valence-corrected chi connectivity index (χ4v) is 4.38. The monoisotopic (exact) mass is 398 g/mol. The van der Waals surface area contributed by atoms with Crippen LogP contribution in [0.15, 0.2) is 41.3 Å². The number of halogens is 2. The molecule has 8 heteroatoms. The van der Waals surface area contributed by atoms with Gasteiger partial charge in [-0.05, 0) is 48.4 Å². The molecule has 2 aromatic carbocycles. The van der Waals surface area contributed by atoms with Crippen molar-refractivity contribution in [2.45, 2.75) is 18.4 Å². The molecule has 0 saturated carbocycles. The summed E-state index contributed by atoms with van der Waals surface area (Å²) in [5.41, 5.74) is 1.63. The molecule has 0 spiro atoms. The first-order chi connectivity index (χ1) is 12.3. The van der Waals surface area contributed by atoms with E-state index in [4.69, 9.17) is 16.3 Å². The van der Waals surface area contributed by atoms with E-state index in [0.29, 0.717) is 36.0 Å². The van der Waals surface area contributed by atoms with Crippen LogP contribution in [0.3, 0.4) is 0 Å². The molecule has 2 aromatic rings. The number of anilines is 1. The van der Waals surface area contributed by atoms with Crippen LogP contribution < -0.4 is 4.72 Å². The first-order valence-electron chi connectivity index (χ1n) is 8.23. The van der Waals surface area contributed by atoms with Crippen molar-refractivity contribution >= 4 is 27.3 Å². The summed E-state index contributed by atoms with van der Waals surface area (Å²) in [7, 11) is -3.82. The first kappa shape index (κ1) is 19.1. The Labute approximate surface area is 157 Å². The van der Waals surface area contributed by atoms with Gasteiger partial charge in [0.1, 0.15) is 5.82 Å². The lowest BCUT2D eigenvalue weighted by Gasteiger charge is -2.27. The number of sulfonamides is 1. The summed E-state index contributed by atoms with van der Waals surface area (Å²) in [6, 6.07) is 8.65. The van der Waals surface area contributed by atoms with Crippen molar-refractivity contribution in [3.63, 3.8) is 0 Å². The van der Waals surface area contributed by atoms with Crippen LogP contribution in [0.25, 0.3) is 0 Å². The smallest absolute Gasteiger partial charge is 0.262 e. The van der Waals surface area contributed by atoms with Gasteiger partial charge in [-0.25, -0.2) is 12.8 Å². The highest BCUT2D eigenvalue weighted by molar-refractivity contribution is 7.92. The lowest BCUT2D eigenvalue weighted by atomic mass is 10.2. The molecule has 1 fully saturated rings. The van der Waals surface area contributed by atoms with E-state index in [1.54, 1.807) is 19.1 Å². The van der Waals surface area contributed by atoms with Crippen LogP contribution in [0.5, 0.6) is 0 Å². The summed E-state index contributed by atoms with van der Waals surface area (Å²) in [5, 5.41) is 0.493. The molecule has 0 unspecified atom stereocenters. The molecule has 26 heavy (non-hydrogen) atoms. The van der Waals surface area contributed by atoms with Crippen molar-refractivity contribution in [3.8, 4) is 0 Å². The fourth-order valence-electron chi connectivity index (χ4n) is 2.86. The maximum Gasteiger partial charge on any atom is 0.262 e. The zero-order valence-corrected chi connectivity index (χ0v) is 15.9. The molecule has 0 atom stereocenters. The van der Waals surface area contributed by atoms with Gasteiger partial charge in [0.25, 0.3) is 10.0 Å². The van der Waals surface area contributed by atoms with Crippen molar-refractivity contribution in [2.75, 3.05) is 31.0 Å². The Morgan fingerprint density at radius 1 is 1.19 bits per heavy atom. The Kier molecular flexibility index (Phi) is 5.82.